The minimum Gasteiger partial charge on any atom is -0.314 e. The Hall–Kier alpha value is -0.930. The zero-order valence-electron chi connectivity index (χ0n) is 11.5. The zero-order chi connectivity index (χ0) is 12.8. The molecule has 3 atom stereocenters. The number of hydrogen-bond acceptors (Lipinski definition) is 3. The van der Waals surface area contributed by atoms with E-state index in [9.17, 15) is 0 Å². The second-order valence-corrected chi connectivity index (χ2v) is 5.45. The first-order chi connectivity index (χ1) is 8.75. The molecule has 0 saturated carbocycles. The molecule has 3 nitrogen and oxygen atoms in total. The number of piperidine rings is 1. The molecule has 100 valence electrons. The third kappa shape index (κ3) is 4.07. The summed E-state index contributed by atoms with van der Waals surface area (Å²) in [7, 11) is 0. The number of nitrogens with zero attached hydrogens (tertiary/aromatic N) is 1. The smallest absolute Gasteiger partial charge is 0.0295 e. The predicted octanol–water partition coefficient (Wildman–Crippen LogP) is 2.65. The Labute approximate surface area is 110 Å². The Morgan fingerprint density at radius 2 is 2.11 bits per heavy atom. The van der Waals surface area contributed by atoms with E-state index in [0.717, 1.165) is 0 Å². The van der Waals surface area contributed by atoms with Crippen LogP contribution in [0.4, 0.5) is 0 Å². The van der Waals surface area contributed by atoms with Crippen LogP contribution in [-0.4, -0.2) is 23.6 Å². The lowest BCUT2D eigenvalue weighted by Crippen LogP contribution is -2.40. The summed E-state index contributed by atoms with van der Waals surface area (Å²) in [6.45, 7) is 5.70. The lowest BCUT2D eigenvalue weighted by molar-refractivity contribution is 0.334. The molecule has 1 aromatic rings. The maximum absolute atomic E-state index is 4.06. The molecule has 3 heteroatoms. The quantitative estimate of drug-likeness (QED) is 0.840. The summed E-state index contributed by atoms with van der Waals surface area (Å²) in [5, 5.41) is 7.29. The fourth-order valence-corrected chi connectivity index (χ4v) is 2.80. The SMILES string of the molecule is CC(CC1CCCCN1)N[C@H](C)c1ccncc1. The summed E-state index contributed by atoms with van der Waals surface area (Å²) >= 11 is 0. The van der Waals surface area contributed by atoms with Gasteiger partial charge in [-0.2, -0.15) is 0 Å². The van der Waals surface area contributed by atoms with Crippen molar-refractivity contribution in [1.82, 2.24) is 15.6 Å². The van der Waals surface area contributed by atoms with E-state index >= 15 is 0 Å². The molecule has 18 heavy (non-hydrogen) atoms. The highest BCUT2D eigenvalue weighted by atomic mass is 15.0. The topological polar surface area (TPSA) is 37.0 Å². The summed E-state index contributed by atoms with van der Waals surface area (Å²) < 4.78 is 0. The van der Waals surface area contributed by atoms with Gasteiger partial charge in [0.15, 0.2) is 0 Å². The van der Waals surface area contributed by atoms with Gasteiger partial charge in [-0.1, -0.05) is 6.42 Å². The Morgan fingerprint density at radius 1 is 1.33 bits per heavy atom. The molecule has 1 aromatic heterocycles. The van der Waals surface area contributed by atoms with Gasteiger partial charge in [-0.05, 0) is 57.4 Å². The van der Waals surface area contributed by atoms with Crippen LogP contribution in [0.5, 0.6) is 0 Å². The molecule has 2 rings (SSSR count). The Balaban J connectivity index is 1.78. The van der Waals surface area contributed by atoms with Crippen molar-refractivity contribution in [2.24, 2.45) is 0 Å². The van der Waals surface area contributed by atoms with E-state index in [1.807, 2.05) is 12.4 Å². The Bertz CT molecular complexity index is 333. The van der Waals surface area contributed by atoms with Gasteiger partial charge in [0.25, 0.3) is 0 Å². The molecule has 0 bridgehead atoms. The van der Waals surface area contributed by atoms with Crippen molar-refractivity contribution in [3.05, 3.63) is 30.1 Å². The molecular weight excluding hydrogens is 222 g/mol. The third-order valence-corrected chi connectivity index (χ3v) is 3.79. The molecule has 2 unspecified atom stereocenters. The second-order valence-electron chi connectivity index (χ2n) is 5.45. The van der Waals surface area contributed by atoms with Gasteiger partial charge in [0, 0.05) is 30.5 Å². The molecule has 2 heterocycles. The fourth-order valence-electron chi connectivity index (χ4n) is 2.80. The monoisotopic (exact) mass is 247 g/mol. The molecular formula is C15H25N3. The maximum Gasteiger partial charge on any atom is 0.0295 e. The zero-order valence-corrected chi connectivity index (χ0v) is 11.5. The molecule has 0 spiro atoms. The largest absolute Gasteiger partial charge is 0.314 e. The predicted molar refractivity (Wildman–Crippen MR) is 75.5 cm³/mol. The molecule has 0 radical (unpaired) electrons. The van der Waals surface area contributed by atoms with Crippen molar-refractivity contribution in [1.29, 1.82) is 0 Å². The van der Waals surface area contributed by atoms with Gasteiger partial charge >= 0.3 is 0 Å². The molecule has 1 aliphatic rings. The van der Waals surface area contributed by atoms with Crippen LogP contribution in [-0.2, 0) is 0 Å². The summed E-state index contributed by atoms with van der Waals surface area (Å²) in [4.78, 5) is 4.06. The van der Waals surface area contributed by atoms with E-state index in [0.29, 0.717) is 18.1 Å². The number of hydrogen-bond donors (Lipinski definition) is 2. The van der Waals surface area contributed by atoms with Gasteiger partial charge in [-0.3, -0.25) is 4.98 Å². The standard InChI is InChI=1S/C15H25N3/c1-12(11-15-5-3-4-8-17-15)18-13(2)14-6-9-16-10-7-14/h6-7,9-10,12-13,15,17-18H,3-5,8,11H2,1-2H3/t12?,13-,15?/m1/s1. The van der Waals surface area contributed by atoms with Crippen LogP contribution in [0.3, 0.4) is 0 Å². The van der Waals surface area contributed by atoms with Gasteiger partial charge in [-0.25, -0.2) is 0 Å². The first kappa shape index (κ1) is 13.5. The number of pyridine rings is 1. The highest BCUT2D eigenvalue weighted by Gasteiger charge is 2.17. The van der Waals surface area contributed by atoms with Crippen LogP contribution < -0.4 is 10.6 Å². The van der Waals surface area contributed by atoms with Gasteiger partial charge in [0.05, 0.1) is 0 Å². The number of nitrogens with one attached hydrogen (secondary N) is 2. The minimum atomic E-state index is 0.395. The average molecular weight is 247 g/mol. The third-order valence-electron chi connectivity index (χ3n) is 3.79. The summed E-state index contributed by atoms with van der Waals surface area (Å²) in [5.74, 6) is 0. The van der Waals surface area contributed by atoms with Gasteiger partial charge in [-0.15, -0.1) is 0 Å². The van der Waals surface area contributed by atoms with Gasteiger partial charge in [0.2, 0.25) is 0 Å². The Kier molecular flexibility index (Phi) is 5.14. The van der Waals surface area contributed by atoms with Crippen LogP contribution in [0.15, 0.2) is 24.5 Å². The molecule has 1 aliphatic heterocycles. The second kappa shape index (κ2) is 6.86. The normalized spacial score (nSPS) is 23.6. The van der Waals surface area contributed by atoms with E-state index in [4.69, 9.17) is 0 Å². The molecule has 1 saturated heterocycles. The molecule has 0 aliphatic carbocycles. The number of rotatable bonds is 5. The first-order valence-electron chi connectivity index (χ1n) is 7.15. The van der Waals surface area contributed by atoms with E-state index in [2.05, 4.69) is 41.6 Å². The minimum absolute atomic E-state index is 0.395. The summed E-state index contributed by atoms with van der Waals surface area (Å²) in [6, 6.07) is 5.81. The fraction of sp³-hybridized carbons (Fsp3) is 0.667. The molecule has 2 N–H and O–H groups in total. The molecule has 0 aromatic carbocycles. The highest BCUT2D eigenvalue weighted by Crippen LogP contribution is 2.15. The first-order valence-corrected chi connectivity index (χ1v) is 7.15. The van der Waals surface area contributed by atoms with E-state index in [1.54, 1.807) is 0 Å². The van der Waals surface area contributed by atoms with Gasteiger partial charge in [0.1, 0.15) is 0 Å². The van der Waals surface area contributed by atoms with Crippen LogP contribution in [0.2, 0.25) is 0 Å². The van der Waals surface area contributed by atoms with Crippen molar-refractivity contribution >= 4 is 0 Å². The summed E-state index contributed by atoms with van der Waals surface area (Å²) in [5.41, 5.74) is 1.31. The van der Waals surface area contributed by atoms with Crippen LogP contribution >= 0.6 is 0 Å². The van der Waals surface area contributed by atoms with Crippen LogP contribution in [0, 0.1) is 0 Å². The lowest BCUT2D eigenvalue weighted by Gasteiger charge is -2.28. The highest BCUT2D eigenvalue weighted by molar-refractivity contribution is 5.14. The summed E-state index contributed by atoms with van der Waals surface area (Å²) in [6.07, 6.45) is 8.99. The Morgan fingerprint density at radius 3 is 2.78 bits per heavy atom. The van der Waals surface area contributed by atoms with Crippen molar-refractivity contribution in [3.63, 3.8) is 0 Å². The van der Waals surface area contributed by atoms with Crippen molar-refractivity contribution < 1.29 is 0 Å². The van der Waals surface area contributed by atoms with Crippen molar-refractivity contribution in [2.45, 2.75) is 57.7 Å². The van der Waals surface area contributed by atoms with Gasteiger partial charge < -0.3 is 10.6 Å². The molecule has 0 amide bonds. The van der Waals surface area contributed by atoms with Crippen molar-refractivity contribution in [3.8, 4) is 0 Å². The lowest BCUT2D eigenvalue weighted by atomic mass is 9.98. The number of aromatic nitrogens is 1. The van der Waals surface area contributed by atoms with E-state index in [1.165, 1.54) is 37.8 Å². The van der Waals surface area contributed by atoms with E-state index < -0.39 is 0 Å². The van der Waals surface area contributed by atoms with Crippen LogP contribution in [0.25, 0.3) is 0 Å². The van der Waals surface area contributed by atoms with Crippen molar-refractivity contribution in [2.75, 3.05) is 6.54 Å². The average Bonchev–Trinajstić information content (AvgIpc) is 2.40. The van der Waals surface area contributed by atoms with E-state index in [-0.39, 0.29) is 0 Å². The molecule has 1 fully saturated rings. The van der Waals surface area contributed by atoms with Crippen LogP contribution in [0.1, 0.15) is 51.1 Å². The maximum atomic E-state index is 4.06.